The minimum atomic E-state index is -0.441. The van der Waals surface area contributed by atoms with E-state index in [-0.39, 0.29) is 6.04 Å². The molecule has 2 atom stereocenters. The summed E-state index contributed by atoms with van der Waals surface area (Å²) in [7, 11) is 0. The van der Waals surface area contributed by atoms with Crippen molar-refractivity contribution in [3.8, 4) is 0 Å². The maximum atomic E-state index is 9.91. The zero-order valence-corrected chi connectivity index (χ0v) is 12.6. The average Bonchev–Trinajstić information content (AvgIpc) is 3.04. The van der Waals surface area contributed by atoms with Gasteiger partial charge in [-0.15, -0.1) is 11.3 Å². The Morgan fingerprint density at radius 2 is 2.26 bits per heavy atom. The van der Waals surface area contributed by atoms with Gasteiger partial charge in [0, 0.05) is 17.6 Å². The number of aryl methyl sites for hydroxylation is 1. The molecule has 0 aliphatic heterocycles. The van der Waals surface area contributed by atoms with Gasteiger partial charge in [-0.05, 0) is 26.7 Å². The number of rotatable bonds is 7. The fourth-order valence-electron chi connectivity index (χ4n) is 2.33. The smallest absolute Gasteiger partial charge is 0.109 e. The molecule has 0 amide bonds. The second-order valence-corrected chi connectivity index (χ2v) is 6.60. The summed E-state index contributed by atoms with van der Waals surface area (Å²) < 4.78 is 5.70. The van der Waals surface area contributed by atoms with Crippen LogP contribution < -0.4 is 5.32 Å². The van der Waals surface area contributed by atoms with E-state index < -0.39 is 6.10 Å². The van der Waals surface area contributed by atoms with Crippen LogP contribution in [-0.4, -0.2) is 35.5 Å². The molecule has 0 spiro atoms. The molecule has 1 fully saturated rings. The highest BCUT2D eigenvalue weighted by molar-refractivity contribution is 7.11. The molecule has 1 heterocycles. The lowest BCUT2D eigenvalue weighted by atomic mass is 10.3. The summed E-state index contributed by atoms with van der Waals surface area (Å²) in [5, 5.41) is 14.3. The molecule has 2 rings (SSSR count). The van der Waals surface area contributed by atoms with Crippen molar-refractivity contribution in [1.29, 1.82) is 0 Å². The van der Waals surface area contributed by atoms with E-state index in [1.807, 2.05) is 6.20 Å². The molecule has 108 valence electrons. The summed E-state index contributed by atoms with van der Waals surface area (Å²) in [5.74, 6) is 0. The summed E-state index contributed by atoms with van der Waals surface area (Å²) in [4.78, 5) is 5.56. The third-order valence-electron chi connectivity index (χ3n) is 3.50. The maximum Gasteiger partial charge on any atom is 0.109 e. The summed E-state index contributed by atoms with van der Waals surface area (Å²) in [6, 6.07) is 0.180. The SMILES string of the molecule is Cc1cnc(C(C)NCC(O)COC2CCCC2)s1. The van der Waals surface area contributed by atoms with Crippen molar-refractivity contribution in [3.63, 3.8) is 0 Å². The molecule has 1 aliphatic carbocycles. The summed E-state index contributed by atoms with van der Waals surface area (Å²) in [6.45, 7) is 5.11. The van der Waals surface area contributed by atoms with Gasteiger partial charge in [-0.25, -0.2) is 4.98 Å². The molecule has 1 aromatic rings. The summed E-state index contributed by atoms with van der Waals surface area (Å²) in [6.07, 6.45) is 6.64. The Bertz CT molecular complexity index is 377. The van der Waals surface area contributed by atoms with E-state index in [1.54, 1.807) is 11.3 Å². The Balaban J connectivity index is 1.63. The van der Waals surface area contributed by atoms with Gasteiger partial charge in [0.05, 0.1) is 24.9 Å². The number of hydrogen-bond donors (Lipinski definition) is 2. The van der Waals surface area contributed by atoms with E-state index in [0.717, 1.165) is 17.8 Å². The minimum Gasteiger partial charge on any atom is -0.389 e. The van der Waals surface area contributed by atoms with E-state index >= 15 is 0 Å². The van der Waals surface area contributed by atoms with Crippen molar-refractivity contribution in [2.75, 3.05) is 13.2 Å². The molecule has 4 nitrogen and oxygen atoms in total. The molecule has 5 heteroatoms. The molecule has 1 aliphatic rings. The number of ether oxygens (including phenoxy) is 1. The van der Waals surface area contributed by atoms with Gasteiger partial charge in [0.25, 0.3) is 0 Å². The summed E-state index contributed by atoms with van der Waals surface area (Å²) >= 11 is 1.69. The van der Waals surface area contributed by atoms with Crippen LogP contribution in [0.4, 0.5) is 0 Å². The number of aliphatic hydroxyl groups is 1. The Hall–Kier alpha value is -0.490. The molecule has 1 saturated carbocycles. The highest BCUT2D eigenvalue weighted by Gasteiger charge is 2.17. The average molecular weight is 284 g/mol. The monoisotopic (exact) mass is 284 g/mol. The van der Waals surface area contributed by atoms with Gasteiger partial charge in [0.1, 0.15) is 5.01 Å². The quantitative estimate of drug-likeness (QED) is 0.807. The second-order valence-electron chi connectivity index (χ2n) is 5.33. The second kappa shape index (κ2) is 7.33. The zero-order chi connectivity index (χ0) is 13.7. The van der Waals surface area contributed by atoms with Crippen LogP contribution in [0.1, 0.15) is 48.5 Å². The number of aliphatic hydroxyl groups excluding tert-OH is 1. The number of aromatic nitrogens is 1. The lowest BCUT2D eigenvalue weighted by Gasteiger charge is -2.18. The highest BCUT2D eigenvalue weighted by atomic mass is 32.1. The predicted octanol–water partition coefficient (Wildman–Crippen LogP) is 2.42. The first kappa shape index (κ1) is 14.9. The lowest BCUT2D eigenvalue weighted by Crippen LogP contribution is -2.33. The number of thiazole rings is 1. The van der Waals surface area contributed by atoms with E-state index in [9.17, 15) is 5.11 Å². The Morgan fingerprint density at radius 1 is 1.53 bits per heavy atom. The molecule has 19 heavy (non-hydrogen) atoms. The minimum absolute atomic E-state index is 0.180. The topological polar surface area (TPSA) is 54.4 Å². The van der Waals surface area contributed by atoms with Crippen LogP contribution in [-0.2, 0) is 4.74 Å². The van der Waals surface area contributed by atoms with Crippen molar-refractivity contribution in [1.82, 2.24) is 10.3 Å². The van der Waals surface area contributed by atoms with E-state index in [4.69, 9.17) is 4.74 Å². The van der Waals surface area contributed by atoms with Gasteiger partial charge >= 0.3 is 0 Å². The van der Waals surface area contributed by atoms with Crippen LogP contribution in [0.2, 0.25) is 0 Å². The largest absolute Gasteiger partial charge is 0.389 e. The van der Waals surface area contributed by atoms with Crippen LogP contribution in [0.5, 0.6) is 0 Å². The van der Waals surface area contributed by atoms with Crippen molar-refractivity contribution >= 4 is 11.3 Å². The van der Waals surface area contributed by atoms with E-state index in [2.05, 4.69) is 24.1 Å². The van der Waals surface area contributed by atoms with E-state index in [0.29, 0.717) is 19.3 Å². The van der Waals surface area contributed by atoms with Crippen molar-refractivity contribution in [3.05, 3.63) is 16.1 Å². The molecule has 2 N–H and O–H groups in total. The molecule has 0 saturated heterocycles. The van der Waals surface area contributed by atoms with Gasteiger partial charge in [-0.3, -0.25) is 0 Å². The maximum absolute atomic E-state index is 9.91. The normalized spacial score (nSPS) is 19.7. The van der Waals surface area contributed by atoms with Gasteiger partial charge in [0.2, 0.25) is 0 Å². The fourth-order valence-corrected chi connectivity index (χ4v) is 3.13. The standard InChI is InChI=1S/C14H24N2O2S/c1-10-7-16-14(19-10)11(2)15-8-12(17)9-18-13-5-3-4-6-13/h7,11-13,15,17H,3-6,8-9H2,1-2H3. The number of nitrogens with zero attached hydrogens (tertiary/aromatic N) is 1. The van der Waals surface area contributed by atoms with Gasteiger partial charge in [-0.1, -0.05) is 12.8 Å². The zero-order valence-electron chi connectivity index (χ0n) is 11.8. The Kier molecular flexibility index (Phi) is 5.76. The van der Waals surface area contributed by atoms with Crippen LogP contribution in [0.15, 0.2) is 6.20 Å². The number of hydrogen-bond acceptors (Lipinski definition) is 5. The lowest BCUT2D eigenvalue weighted by molar-refractivity contribution is -0.00610. The van der Waals surface area contributed by atoms with Gasteiger partial charge in [-0.2, -0.15) is 0 Å². The third-order valence-corrected chi connectivity index (χ3v) is 4.59. The molecule has 0 aromatic carbocycles. The van der Waals surface area contributed by atoms with Crippen LogP contribution in [0.3, 0.4) is 0 Å². The fraction of sp³-hybridized carbons (Fsp3) is 0.786. The van der Waals surface area contributed by atoms with Crippen molar-refractivity contribution in [2.24, 2.45) is 0 Å². The Morgan fingerprint density at radius 3 is 2.89 bits per heavy atom. The van der Waals surface area contributed by atoms with Crippen molar-refractivity contribution < 1.29 is 9.84 Å². The molecule has 2 unspecified atom stereocenters. The molecule has 0 bridgehead atoms. The molecule has 1 aromatic heterocycles. The number of nitrogens with one attached hydrogen (secondary N) is 1. The first-order chi connectivity index (χ1) is 9.15. The summed E-state index contributed by atoms with van der Waals surface area (Å²) in [5.41, 5.74) is 0. The molecule has 0 radical (unpaired) electrons. The van der Waals surface area contributed by atoms with Crippen molar-refractivity contribution in [2.45, 2.75) is 57.8 Å². The predicted molar refractivity (Wildman–Crippen MR) is 77.5 cm³/mol. The first-order valence-corrected chi connectivity index (χ1v) is 7.92. The van der Waals surface area contributed by atoms with Crippen LogP contribution in [0, 0.1) is 6.92 Å². The van der Waals surface area contributed by atoms with Gasteiger partial charge < -0.3 is 15.2 Å². The molecular formula is C14H24N2O2S. The van der Waals surface area contributed by atoms with E-state index in [1.165, 1.54) is 17.7 Å². The molecular weight excluding hydrogens is 260 g/mol. The highest BCUT2D eigenvalue weighted by Crippen LogP contribution is 2.21. The van der Waals surface area contributed by atoms with Crippen LogP contribution >= 0.6 is 11.3 Å². The van der Waals surface area contributed by atoms with Crippen LogP contribution in [0.25, 0.3) is 0 Å². The Labute approximate surface area is 119 Å². The first-order valence-electron chi connectivity index (χ1n) is 7.10. The van der Waals surface area contributed by atoms with Gasteiger partial charge in [0.15, 0.2) is 0 Å². The third kappa shape index (κ3) is 4.84.